The quantitative estimate of drug-likeness (QED) is 0.920. The molecule has 114 valence electrons. The number of alkyl halides is 3. The molecule has 1 aliphatic carbocycles. The minimum atomic E-state index is -4.36. The second-order valence-electron chi connectivity index (χ2n) is 5.01. The van der Waals surface area contributed by atoms with Gasteiger partial charge in [-0.25, -0.2) is 0 Å². The van der Waals surface area contributed by atoms with Gasteiger partial charge < -0.3 is 10.3 Å². The highest BCUT2D eigenvalue weighted by atomic mass is 35.5. The molecule has 1 aliphatic rings. The van der Waals surface area contributed by atoms with Crippen molar-refractivity contribution in [3.8, 4) is 11.5 Å². The Hall–Kier alpha value is -1.60. The van der Waals surface area contributed by atoms with Crippen molar-refractivity contribution >= 4 is 12.4 Å². The van der Waals surface area contributed by atoms with Gasteiger partial charge in [-0.1, -0.05) is 5.16 Å². The number of benzene rings is 1. The molecule has 1 aromatic carbocycles. The van der Waals surface area contributed by atoms with Crippen LogP contribution in [-0.4, -0.2) is 10.1 Å². The Kier molecular flexibility index (Phi) is 3.99. The summed E-state index contributed by atoms with van der Waals surface area (Å²) in [7, 11) is 0. The van der Waals surface area contributed by atoms with Crippen LogP contribution in [0.3, 0.4) is 0 Å². The SMILES string of the molecule is Cl.NC1(c2noc(-c3ccc(C(F)(F)F)cc3)n2)CCC1. The summed E-state index contributed by atoms with van der Waals surface area (Å²) in [4.78, 5) is 4.18. The van der Waals surface area contributed by atoms with Crippen molar-refractivity contribution in [2.45, 2.75) is 31.0 Å². The van der Waals surface area contributed by atoms with E-state index in [1.54, 1.807) is 0 Å². The van der Waals surface area contributed by atoms with Gasteiger partial charge in [-0.3, -0.25) is 0 Å². The third-order valence-corrected chi connectivity index (χ3v) is 3.58. The second kappa shape index (κ2) is 5.31. The molecule has 0 radical (unpaired) electrons. The van der Waals surface area contributed by atoms with Gasteiger partial charge in [0.25, 0.3) is 5.89 Å². The smallest absolute Gasteiger partial charge is 0.334 e. The van der Waals surface area contributed by atoms with E-state index in [1.165, 1.54) is 12.1 Å². The van der Waals surface area contributed by atoms with Crippen molar-refractivity contribution in [3.05, 3.63) is 35.7 Å². The average Bonchev–Trinajstić information content (AvgIpc) is 2.85. The molecule has 1 fully saturated rings. The lowest BCUT2D eigenvalue weighted by atomic mass is 9.77. The number of hydrogen-bond donors (Lipinski definition) is 1. The first-order chi connectivity index (χ1) is 9.38. The zero-order valence-corrected chi connectivity index (χ0v) is 11.7. The number of aromatic nitrogens is 2. The third kappa shape index (κ3) is 2.89. The minimum Gasteiger partial charge on any atom is -0.334 e. The third-order valence-electron chi connectivity index (χ3n) is 3.58. The molecule has 0 amide bonds. The molecule has 0 saturated heterocycles. The highest BCUT2D eigenvalue weighted by Crippen LogP contribution is 2.38. The van der Waals surface area contributed by atoms with Crippen molar-refractivity contribution < 1.29 is 17.7 Å². The highest BCUT2D eigenvalue weighted by Gasteiger charge is 2.39. The average molecular weight is 320 g/mol. The van der Waals surface area contributed by atoms with Crippen molar-refractivity contribution in [3.63, 3.8) is 0 Å². The zero-order valence-electron chi connectivity index (χ0n) is 10.9. The molecule has 0 unspecified atom stereocenters. The van der Waals surface area contributed by atoms with Crippen LogP contribution in [0, 0.1) is 0 Å². The molecule has 0 atom stereocenters. The van der Waals surface area contributed by atoms with E-state index in [4.69, 9.17) is 10.3 Å². The lowest BCUT2D eigenvalue weighted by Gasteiger charge is -2.34. The fourth-order valence-corrected chi connectivity index (χ4v) is 2.13. The first-order valence-corrected chi connectivity index (χ1v) is 6.19. The van der Waals surface area contributed by atoms with Crippen molar-refractivity contribution in [1.82, 2.24) is 10.1 Å². The predicted molar refractivity (Wildman–Crippen MR) is 71.7 cm³/mol. The van der Waals surface area contributed by atoms with Gasteiger partial charge in [0.15, 0.2) is 5.82 Å². The Balaban J connectivity index is 0.00000161. The van der Waals surface area contributed by atoms with Gasteiger partial charge >= 0.3 is 6.18 Å². The van der Waals surface area contributed by atoms with Crippen LogP contribution in [0.5, 0.6) is 0 Å². The molecular weight excluding hydrogens is 307 g/mol. The summed E-state index contributed by atoms with van der Waals surface area (Å²) in [5.41, 5.74) is 5.25. The number of hydrogen-bond acceptors (Lipinski definition) is 4. The Morgan fingerprint density at radius 2 is 1.76 bits per heavy atom. The molecule has 2 N–H and O–H groups in total. The number of rotatable bonds is 2. The maximum absolute atomic E-state index is 12.5. The summed E-state index contributed by atoms with van der Waals surface area (Å²) >= 11 is 0. The lowest BCUT2D eigenvalue weighted by molar-refractivity contribution is -0.137. The molecule has 21 heavy (non-hydrogen) atoms. The van der Waals surface area contributed by atoms with E-state index in [0.29, 0.717) is 11.4 Å². The van der Waals surface area contributed by atoms with Crippen molar-refractivity contribution in [2.75, 3.05) is 0 Å². The first-order valence-electron chi connectivity index (χ1n) is 6.19. The van der Waals surface area contributed by atoms with Crippen LogP contribution in [0.25, 0.3) is 11.5 Å². The fourth-order valence-electron chi connectivity index (χ4n) is 2.13. The van der Waals surface area contributed by atoms with Crippen LogP contribution in [-0.2, 0) is 11.7 Å². The Morgan fingerprint density at radius 3 is 2.24 bits per heavy atom. The molecule has 1 saturated carbocycles. The molecule has 0 spiro atoms. The minimum absolute atomic E-state index is 0. The van der Waals surface area contributed by atoms with Crippen LogP contribution >= 0.6 is 12.4 Å². The van der Waals surface area contributed by atoms with E-state index < -0.39 is 17.3 Å². The standard InChI is InChI=1S/C13H12F3N3O.ClH/c14-13(15,16)9-4-2-8(3-5-9)10-18-11(19-20-10)12(17)6-1-7-12;/h2-5H,1,6-7,17H2;1H. The summed E-state index contributed by atoms with van der Waals surface area (Å²) in [6.07, 6.45) is -1.76. The molecule has 1 heterocycles. The van der Waals surface area contributed by atoms with Crippen LogP contribution < -0.4 is 5.73 Å². The molecule has 4 nitrogen and oxygen atoms in total. The van der Waals surface area contributed by atoms with Crippen LogP contribution in [0.15, 0.2) is 28.8 Å². The van der Waals surface area contributed by atoms with Gasteiger partial charge in [-0.2, -0.15) is 18.2 Å². The van der Waals surface area contributed by atoms with Gasteiger partial charge in [0.05, 0.1) is 11.1 Å². The topological polar surface area (TPSA) is 64.9 Å². The molecule has 0 bridgehead atoms. The largest absolute Gasteiger partial charge is 0.416 e. The summed E-state index contributed by atoms with van der Waals surface area (Å²) in [6, 6.07) is 4.59. The van der Waals surface area contributed by atoms with Gasteiger partial charge in [-0.05, 0) is 43.5 Å². The monoisotopic (exact) mass is 319 g/mol. The van der Waals surface area contributed by atoms with E-state index >= 15 is 0 Å². The van der Waals surface area contributed by atoms with Gasteiger partial charge in [0, 0.05) is 5.56 Å². The zero-order chi connectivity index (χ0) is 14.4. The maximum Gasteiger partial charge on any atom is 0.416 e. The second-order valence-corrected chi connectivity index (χ2v) is 5.01. The fraction of sp³-hybridized carbons (Fsp3) is 0.385. The number of halogens is 4. The van der Waals surface area contributed by atoms with Crippen LogP contribution in [0.1, 0.15) is 30.7 Å². The van der Waals surface area contributed by atoms with Crippen molar-refractivity contribution in [2.24, 2.45) is 5.73 Å². The van der Waals surface area contributed by atoms with E-state index in [0.717, 1.165) is 31.4 Å². The molecule has 1 aromatic heterocycles. The molecular formula is C13H13ClF3N3O. The van der Waals surface area contributed by atoms with Gasteiger partial charge in [0.2, 0.25) is 0 Å². The van der Waals surface area contributed by atoms with Gasteiger partial charge in [-0.15, -0.1) is 12.4 Å². The van der Waals surface area contributed by atoms with E-state index in [1.807, 2.05) is 0 Å². The lowest BCUT2D eigenvalue weighted by Crippen LogP contribution is -2.44. The summed E-state index contributed by atoms with van der Waals surface area (Å²) < 4.78 is 42.5. The van der Waals surface area contributed by atoms with Gasteiger partial charge in [0.1, 0.15) is 0 Å². The molecule has 3 rings (SSSR count). The molecule has 0 aliphatic heterocycles. The van der Waals surface area contributed by atoms with E-state index in [2.05, 4.69) is 10.1 Å². The highest BCUT2D eigenvalue weighted by molar-refractivity contribution is 5.85. The maximum atomic E-state index is 12.5. The Morgan fingerprint density at radius 1 is 1.14 bits per heavy atom. The number of nitrogens with two attached hydrogens (primary N) is 1. The van der Waals surface area contributed by atoms with Crippen LogP contribution in [0.2, 0.25) is 0 Å². The molecule has 2 aromatic rings. The first kappa shape index (κ1) is 15.8. The summed E-state index contributed by atoms with van der Waals surface area (Å²) in [5, 5.41) is 3.82. The van der Waals surface area contributed by atoms with Crippen LogP contribution in [0.4, 0.5) is 13.2 Å². The Labute approximate surface area is 124 Å². The predicted octanol–water partition coefficient (Wildman–Crippen LogP) is 3.52. The van der Waals surface area contributed by atoms with E-state index in [-0.39, 0.29) is 18.3 Å². The van der Waals surface area contributed by atoms with Crippen molar-refractivity contribution in [1.29, 1.82) is 0 Å². The van der Waals surface area contributed by atoms with E-state index in [9.17, 15) is 13.2 Å². The number of nitrogens with zero attached hydrogens (tertiary/aromatic N) is 2. The molecule has 8 heteroatoms. The summed E-state index contributed by atoms with van der Waals surface area (Å²) in [5.74, 6) is 0.601. The summed E-state index contributed by atoms with van der Waals surface area (Å²) in [6.45, 7) is 0. The normalized spacial score (nSPS) is 17.0. The Bertz CT molecular complexity index is 620.